The second-order valence-electron chi connectivity index (χ2n) is 6.00. The predicted molar refractivity (Wildman–Crippen MR) is 98.1 cm³/mol. The highest BCUT2D eigenvalue weighted by molar-refractivity contribution is 9.10. The summed E-state index contributed by atoms with van der Waals surface area (Å²) in [5.74, 6) is 0.507. The topological polar surface area (TPSA) is 20.3 Å². The highest BCUT2D eigenvalue weighted by Crippen LogP contribution is 2.28. The molecule has 1 aliphatic heterocycles. The van der Waals surface area contributed by atoms with Gasteiger partial charge in [0.1, 0.15) is 0 Å². The quantitative estimate of drug-likeness (QED) is 0.659. The molecule has 1 saturated heterocycles. The van der Waals surface area contributed by atoms with Crippen LogP contribution in [0.1, 0.15) is 41.1 Å². The third-order valence-corrected chi connectivity index (χ3v) is 5.17. The Bertz CT molecular complexity index is 669. The molecular formula is C19H19BrClNO. The number of carbonyl (C=O) groups excluding carboxylic acids is 1. The van der Waals surface area contributed by atoms with E-state index < -0.39 is 0 Å². The van der Waals surface area contributed by atoms with Crippen LogP contribution in [0.2, 0.25) is 5.02 Å². The number of hydrogen-bond acceptors (Lipinski definition) is 1. The maximum absolute atomic E-state index is 12.8. The normalized spacial score (nSPS) is 18.5. The van der Waals surface area contributed by atoms with Gasteiger partial charge < -0.3 is 4.90 Å². The summed E-state index contributed by atoms with van der Waals surface area (Å²) in [6.07, 6.45) is 3.33. The van der Waals surface area contributed by atoms with Gasteiger partial charge in [0.15, 0.2) is 0 Å². The Morgan fingerprint density at radius 3 is 2.43 bits per heavy atom. The highest BCUT2D eigenvalue weighted by Gasteiger charge is 2.23. The Morgan fingerprint density at radius 1 is 1.04 bits per heavy atom. The smallest absolute Gasteiger partial charge is 0.253 e. The maximum Gasteiger partial charge on any atom is 0.253 e. The Labute approximate surface area is 150 Å². The molecule has 0 saturated carbocycles. The number of halogens is 2. The molecule has 23 heavy (non-hydrogen) atoms. The molecule has 0 spiro atoms. The van der Waals surface area contributed by atoms with Crippen LogP contribution in [0.15, 0.2) is 53.0 Å². The molecule has 0 bridgehead atoms. The fourth-order valence-corrected chi connectivity index (χ4v) is 3.50. The number of amides is 1. The van der Waals surface area contributed by atoms with Gasteiger partial charge in [-0.3, -0.25) is 4.79 Å². The predicted octanol–water partition coefficient (Wildman–Crippen LogP) is 5.51. The van der Waals surface area contributed by atoms with Crippen molar-refractivity contribution in [1.82, 2.24) is 4.90 Å². The lowest BCUT2D eigenvalue weighted by Crippen LogP contribution is -2.34. The van der Waals surface area contributed by atoms with Crippen molar-refractivity contribution in [3.63, 3.8) is 0 Å². The summed E-state index contributed by atoms with van der Waals surface area (Å²) in [5, 5.41) is 0.755. The summed E-state index contributed by atoms with van der Waals surface area (Å²) in [6, 6.07) is 15.6. The van der Waals surface area contributed by atoms with E-state index in [1.54, 1.807) is 0 Å². The van der Waals surface area contributed by atoms with Crippen molar-refractivity contribution in [1.29, 1.82) is 0 Å². The third-order valence-electron chi connectivity index (χ3n) is 4.39. The lowest BCUT2D eigenvalue weighted by Gasteiger charge is -2.25. The lowest BCUT2D eigenvalue weighted by atomic mass is 9.94. The fourth-order valence-electron chi connectivity index (χ4n) is 3.11. The third kappa shape index (κ3) is 4.15. The van der Waals surface area contributed by atoms with Gasteiger partial charge in [-0.2, -0.15) is 0 Å². The van der Waals surface area contributed by atoms with Gasteiger partial charge in [-0.05, 0) is 54.8 Å². The minimum Gasteiger partial charge on any atom is -0.338 e. The molecule has 1 heterocycles. The van der Waals surface area contributed by atoms with Crippen molar-refractivity contribution < 1.29 is 4.79 Å². The summed E-state index contributed by atoms with van der Waals surface area (Å²) in [5.41, 5.74) is 2.02. The van der Waals surface area contributed by atoms with Crippen molar-refractivity contribution in [2.24, 2.45) is 0 Å². The van der Waals surface area contributed by atoms with Crippen LogP contribution in [0.25, 0.3) is 0 Å². The van der Waals surface area contributed by atoms with E-state index in [4.69, 9.17) is 11.6 Å². The molecule has 120 valence electrons. The van der Waals surface area contributed by atoms with Gasteiger partial charge in [0.2, 0.25) is 0 Å². The minimum atomic E-state index is 0.123. The molecule has 0 aliphatic carbocycles. The minimum absolute atomic E-state index is 0.123. The van der Waals surface area contributed by atoms with Crippen molar-refractivity contribution in [3.05, 3.63) is 69.2 Å². The van der Waals surface area contributed by atoms with E-state index in [-0.39, 0.29) is 5.91 Å². The zero-order valence-electron chi connectivity index (χ0n) is 12.8. The van der Waals surface area contributed by atoms with Crippen molar-refractivity contribution >= 4 is 33.4 Å². The number of carbonyl (C=O) groups is 1. The average Bonchev–Trinajstić information content (AvgIpc) is 2.82. The first-order chi connectivity index (χ1) is 11.1. The van der Waals surface area contributed by atoms with Crippen LogP contribution in [0, 0.1) is 0 Å². The zero-order chi connectivity index (χ0) is 16.2. The van der Waals surface area contributed by atoms with E-state index in [1.807, 2.05) is 41.3 Å². The molecule has 1 aliphatic rings. The van der Waals surface area contributed by atoms with Crippen LogP contribution < -0.4 is 0 Å². The molecule has 2 aromatic carbocycles. The second kappa shape index (κ2) is 7.50. The van der Waals surface area contributed by atoms with Crippen LogP contribution in [0.4, 0.5) is 0 Å². The summed E-state index contributed by atoms with van der Waals surface area (Å²) >= 11 is 9.40. The van der Waals surface area contributed by atoms with Crippen LogP contribution >= 0.6 is 27.5 Å². The molecule has 0 radical (unpaired) electrons. The maximum atomic E-state index is 12.8. The van der Waals surface area contributed by atoms with E-state index in [0.717, 1.165) is 47.4 Å². The Kier molecular flexibility index (Phi) is 5.39. The van der Waals surface area contributed by atoms with E-state index in [2.05, 4.69) is 28.1 Å². The summed E-state index contributed by atoms with van der Waals surface area (Å²) in [6.45, 7) is 1.61. The molecule has 4 heteroatoms. The van der Waals surface area contributed by atoms with Crippen molar-refractivity contribution in [2.75, 3.05) is 13.1 Å². The number of hydrogen-bond donors (Lipinski definition) is 0. The Hall–Kier alpha value is -1.32. The van der Waals surface area contributed by atoms with Crippen LogP contribution in [0.3, 0.4) is 0 Å². The molecule has 2 nitrogen and oxygen atoms in total. The standard InChI is InChI=1S/C19H19BrClNO/c20-17-8-4-15(5-9-17)19(23)22-12-2-1-3-16(13-22)14-6-10-18(21)11-7-14/h4-11,16H,1-3,12-13H2. The second-order valence-corrected chi connectivity index (χ2v) is 7.35. The van der Waals surface area contributed by atoms with E-state index in [9.17, 15) is 4.79 Å². The average molecular weight is 393 g/mol. The van der Waals surface area contributed by atoms with Gasteiger partial charge >= 0.3 is 0 Å². The SMILES string of the molecule is O=C(c1ccc(Br)cc1)N1CCCCC(c2ccc(Cl)cc2)C1. The van der Waals surface area contributed by atoms with Gasteiger partial charge in [0, 0.05) is 34.1 Å². The summed E-state index contributed by atoms with van der Waals surface area (Å²) < 4.78 is 0.990. The number of likely N-dealkylation sites (tertiary alicyclic amines) is 1. The fraction of sp³-hybridized carbons (Fsp3) is 0.316. The molecule has 0 N–H and O–H groups in total. The number of benzene rings is 2. The molecule has 0 aromatic heterocycles. The van der Waals surface area contributed by atoms with Crippen molar-refractivity contribution in [3.8, 4) is 0 Å². The van der Waals surface area contributed by atoms with Gasteiger partial charge in [0.25, 0.3) is 5.91 Å². The lowest BCUT2D eigenvalue weighted by molar-refractivity contribution is 0.0754. The van der Waals surface area contributed by atoms with Crippen LogP contribution in [0.5, 0.6) is 0 Å². The van der Waals surface area contributed by atoms with Crippen LogP contribution in [-0.4, -0.2) is 23.9 Å². The molecule has 1 fully saturated rings. The first-order valence-electron chi connectivity index (χ1n) is 7.94. The van der Waals surface area contributed by atoms with Gasteiger partial charge in [0.05, 0.1) is 0 Å². The van der Waals surface area contributed by atoms with E-state index >= 15 is 0 Å². The first kappa shape index (κ1) is 16.5. The highest BCUT2D eigenvalue weighted by atomic mass is 79.9. The molecule has 1 atom stereocenters. The zero-order valence-corrected chi connectivity index (χ0v) is 15.2. The summed E-state index contributed by atoms with van der Waals surface area (Å²) in [7, 11) is 0. The Balaban J connectivity index is 1.77. The molecule has 1 unspecified atom stereocenters. The largest absolute Gasteiger partial charge is 0.338 e. The number of nitrogens with zero attached hydrogens (tertiary/aromatic N) is 1. The van der Waals surface area contributed by atoms with Gasteiger partial charge in [-0.15, -0.1) is 0 Å². The van der Waals surface area contributed by atoms with Crippen molar-refractivity contribution in [2.45, 2.75) is 25.2 Å². The Morgan fingerprint density at radius 2 is 1.74 bits per heavy atom. The monoisotopic (exact) mass is 391 g/mol. The first-order valence-corrected chi connectivity index (χ1v) is 9.11. The molecule has 3 rings (SSSR count). The molecule has 2 aromatic rings. The van der Waals surface area contributed by atoms with Gasteiger partial charge in [-0.25, -0.2) is 0 Å². The molecule has 1 amide bonds. The van der Waals surface area contributed by atoms with E-state index in [0.29, 0.717) is 5.92 Å². The van der Waals surface area contributed by atoms with Gasteiger partial charge in [-0.1, -0.05) is 46.1 Å². The molecular weight excluding hydrogens is 374 g/mol. The van der Waals surface area contributed by atoms with Crippen LogP contribution in [-0.2, 0) is 0 Å². The number of rotatable bonds is 2. The summed E-state index contributed by atoms with van der Waals surface area (Å²) in [4.78, 5) is 14.8. The van der Waals surface area contributed by atoms with E-state index in [1.165, 1.54) is 5.56 Å².